The number of hydrogen-bond acceptors (Lipinski definition) is 3. The molecule has 1 aromatic rings. The zero-order chi connectivity index (χ0) is 16.2. The van der Waals surface area contributed by atoms with E-state index < -0.39 is 11.6 Å². The number of benzene rings is 1. The van der Waals surface area contributed by atoms with Crippen molar-refractivity contribution in [3.05, 3.63) is 35.6 Å². The van der Waals surface area contributed by atoms with Crippen LogP contribution in [0.1, 0.15) is 38.2 Å². The first kappa shape index (κ1) is 15.0. The minimum Gasteiger partial charge on any atom is -0.345 e. The molecule has 3 aliphatic rings. The molecule has 1 aromatic carbocycles. The highest BCUT2D eigenvalue weighted by Crippen LogP contribution is 2.49. The lowest BCUT2D eigenvalue weighted by Crippen LogP contribution is -2.52. The second-order valence-electron chi connectivity index (χ2n) is 6.82. The molecule has 3 fully saturated rings. The maximum absolute atomic E-state index is 14.1. The summed E-state index contributed by atoms with van der Waals surface area (Å²) in [4.78, 5) is 26.4. The fourth-order valence-electron chi connectivity index (χ4n) is 3.77. The van der Waals surface area contributed by atoms with Crippen LogP contribution in [-0.2, 0) is 15.1 Å². The number of thioether (sulfide) groups is 1. The smallest absolute Gasteiger partial charge is 0.244 e. The lowest BCUT2D eigenvalue weighted by molar-refractivity contribution is -0.138. The number of nitrogens with one attached hydrogen (secondary N) is 1. The van der Waals surface area contributed by atoms with Crippen LogP contribution in [0.5, 0.6) is 0 Å². The fraction of sp³-hybridized carbons (Fsp3) is 0.529. The molecule has 1 N–H and O–H groups in total. The van der Waals surface area contributed by atoms with E-state index in [1.54, 1.807) is 34.9 Å². The monoisotopic (exact) mass is 334 g/mol. The normalized spacial score (nSPS) is 31.1. The molecule has 0 aromatic heterocycles. The lowest BCUT2D eigenvalue weighted by Gasteiger charge is -2.31. The van der Waals surface area contributed by atoms with E-state index in [1.165, 1.54) is 6.07 Å². The SMILES string of the molecule is C[C@]12CCC(=O)N1[C@H](C(=O)NC1(c3ccccc3F)CC1)CS2. The number of amides is 2. The summed E-state index contributed by atoms with van der Waals surface area (Å²) in [5.74, 6) is 0.223. The highest BCUT2D eigenvalue weighted by atomic mass is 32.2. The van der Waals surface area contributed by atoms with Gasteiger partial charge < -0.3 is 10.2 Å². The number of fused-ring (bicyclic) bond motifs is 1. The highest BCUT2D eigenvalue weighted by molar-refractivity contribution is 8.01. The Morgan fingerprint density at radius 3 is 2.78 bits per heavy atom. The predicted octanol–water partition coefficient (Wildman–Crippen LogP) is 2.38. The molecule has 0 radical (unpaired) electrons. The average Bonchev–Trinajstić information content (AvgIpc) is 3.11. The Labute approximate surface area is 138 Å². The van der Waals surface area contributed by atoms with Gasteiger partial charge in [0, 0.05) is 17.7 Å². The first-order chi connectivity index (χ1) is 11.0. The van der Waals surface area contributed by atoms with Crippen molar-refractivity contribution in [1.82, 2.24) is 10.2 Å². The van der Waals surface area contributed by atoms with Gasteiger partial charge in [-0.3, -0.25) is 9.59 Å². The largest absolute Gasteiger partial charge is 0.345 e. The van der Waals surface area contributed by atoms with Crippen LogP contribution in [0.15, 0.2) is 24.3 Å². The Hall–Kier alpha value is -1.56. The molecule has 1 saturated carbocycles. The first-order valence-electron chi connectivity index (χ1n) is 7.98. The second-order valence-corrected chi connectivity index (χ2v) is 8.32. The van der Waals surface area contributed by atoms with Gasteiger partial charge in [0.15, 0.2) is 0 Å². The van der Waals surface area contributed by atoms with Gasteiger partial charge >= 0.3 is 0 Å². The molecule has 0 spiro atoms. The summed E-state index contributed by atoms with van der Waals surface area (Å²) in [6.45, 7) is 2.03. The van der Waals surface area contributed by atoms with Gasteiger partial charge in [0.05, 0.1) is 10.4 Å². The van der Waals surface area contributed by atoms with Gasteiger partial charge in [-0.15, -0.1) is 11.8 Å². The Kier molecular flexibility index (Phi) is 3.24. The van der Waals surface area contributed by atoms with E-state index >= 15 is 0 Å². The van der Waals surface area contributed by atoms with Crippen molar-refractivity contribution in [2.24, 2.45) is 0 Å². The van der Waals surface area contributed by atoms with Gasteiger partial charge in [-0.05, 0) is 32.3 Å². The summed E-state index contributed by atoms with van der Waals surface area (Å²) in [7, 11) is 0. The molecule has 4 nitrogen and oxygen atoms in total. The molecule has 0 bridgehead atoms. The van der Waals surface area contributed by atoms with Crippen molar-refractivity contribution in [3.63, 3.8) is 0 Å². The van der Waals surface area contributed by atoms with E-state index in [-0.39, 0.29) is 22.5 Å². The van der Waals surface area contributed by atoms with E-state index in [2.05, 4.69) is 5.32 Å². The summed E-state index contributed by atoms with van der Waals surface area (Å²) in [6.07, 6.45) is 2.78. The highest BCUT2D eigenvalue weighted by Gasteiger charge is 2.55. The van der Waals surface area contributed by atoms with Crippen molar-refractivity contribution >= 4 is 23.6 Å². The molecule has 4 rings (SSSR count). The van der Waals surface area contributed by atoms with Crippen LogP contribution in [0.3, 0.4) is 0 Å². The minimum absolute atomic E-state index is 0.0494. The van der Waals surface area contributed by atoms with Crippen LogP contribution in [0.2, 0.25) is 0 Å². The van der Waals surface area contributed by atoms with Crippen LogP contribution in [0.4, 0.5) is 4.39 Å². The number of nitrogens with zero attached hydrogens (tertiary/aromatic N) is 1. The standard InChI is InChI=1S/C17H19FN2O2S/c1-16-7-6-14(21)20(16)13(10-23-16)15(22)19-17(8-9-17)11-4-2-3-5-12(11)18/h2-5,13H,6-10H2,1H3,(H,19,22)/t13-,16-/m0/s1. The zero-order valence-corrected chi connectivity index (χ0v) is 13.8. The minimum atomic E-state index is -0.588. The molecule has 0 unspecified atom stereocenters. The van der Waals surface area contributed by atoms with Crippen molar-refractivity contribution in [2.45, 2.75) is 49.1 Å². The van der Waals surface area contributed by atoms with Gasteiger partial charge in [-0.25, -0.2) is 4.39 Å². The van der Waals surface area contributed by atoms with Crippen LogP contribution >= 0.6 is 11.8 Å². The second kappa shape index (κ2) is 4.97. The quantitative estimate of drug-likeness (QED) is 0.923. The molecule has 2 atom stereocenters. The fourth-order valence-corrected chi connectivity index (χ4v) is 5.20. The van der Waals surface area contributed by atoms with Crippen molar-refractivity contribution in [1.29, 1.82) is 0 Å². The first-order valence-corrected chi connectivity index (χ1v) is 8.97. The van der Waals surface area contributed by atoms with Gasteiger partial charge in [-0.1, -0.05) is 18.2 Å². The number of carbonyl (C=O) groups excluding carboxylic acids is 2. The Balaban J connectivity index is 1.55. The van der Waals surface area contributed by atoms with E-state index in [4.69, 9.17) is 0 Å². The van der Waals surface area contributed by atoms with Crippen LogP contribution in [0, 0.1) is 5.82 Å². The van der Waals surface area contributed by atoms with E-state index in [0.29, 0.717) is 17.7 Å². The third kappa shape index (κ3) is 2.26. The molecule has 2 saturated heterocycles. The third-order valence-corrected chi connectivity index (χ3v) is 6.75. The maximum Gasteiger partial charge on any atom is 0.244 e. The lowest BCUT2D eigenvalue weighted by atomic mass is 10.0. The number of carbonyl (C=O) groups is 2. The number of halogens is 1. The third-order valence-electron chi connectivity index (χ3n) is 5.25. The van der Waals surface area contributed by atoms with Crippen LogP contribution in [0.25, 0.3) is 0 Å². The number of hydrogen-bond donors (Lipinski definition) is 1. The summed E-state index contributed by atoms with van der Waals surface area (Å²) < 4.78 is 14.1. The van der Waals surface area contributed by atoms with E-state index in [9.17, 15) is 14.0 Å². The predicted molar refractivity (Wildman–Crippen MR) is 86.2 cm³/mol. The topological polar surface area (TPSA) is 49.4 Å². The Bertz CT molecular complexity index is 691. The molecule has 2 aliphatic heterocycles. The molecule has 122 valence electrons. The maximum atomic E-state index is 14.1. The molecule has 23 heavy (non-hydrogen) atoms. The zero-order valence-electron chi connectivity index (χ0n) is 13.0. The van der Waals surface area contributed by atoms with Crippen LogP contribution in [-0.4, -0.2) is 33.4 Å². The van der Waals surface area contributed by atoms with Gasteiger partial charge in [0.2, 0.25) is 11.8 Å². The number of rotatable bonds is 3. The molecule has 6 heteroatoms. The van der Waals surface area contributed by atoms with Crippen molar-refractivity contribution in [3.8, 4) is 0 Å². The van der Waals surface area contributed by atoms with E-state index in [1.807, 2.05) is 6.92 Å². The molecular weight excluding hydrogens is 315 g/mol. The average molecular weight is 334 g/mol. The van der Waals surface area contributed by atoms with Gasteiger partial charge in [0.1, 0.15) is 11.9 Å². The Morgan fingerprint density at radius 2 is 2.09 bits per heavy atom. The van der Waals surface area contributed by atoms with Crippen LogP contribution < -0.4 is 5.32 Å². The summed E-state index contributed by atoms with van der Waals surface area (Å²) >= 11 is 1.67. The molecule has 1 aliphatic carbocycles. The summed E-state index contributed by atoms with van der Waals surface area (Å²) in [5.41, 5.74) is -0.0380. The molecule has 2 heterocycles. The van der Waals surface area contributed by atoms with Gasteiger partial charge in [0.25, 0.3) is 0 Å². The Morgan fingerprint density at radius 1 is 1.35 bits per heavy atom. The van der Waals surface area contributed by atoms with Crippen molar-refractivity contribution in [2.75, 3.05) is 5.75 Å². The molecule has 2 amide bonds. The van der Waals surface area contributed by atoms with Gasteiger partial charge in [-0.2, -0.15) is 0 Å². The molecular formula is C17H19FN2O2S. The van der Waals surface area contributed by atoms with E-state index in [0.717, 1.165) is 19.3 Å². The van der Waals surface area contributed by atoms with Crippen molar-refractivity contribution < 1.29 is 14.0 Å². The summed E-state index contributed by atoms with van der Waals surface area (Å²) in [5, 5.41) is 3.03. The summed E-state index contributed by atoms with van der Waals surface area (Å²) in [6, 6.07) is 6.16.